The molecule has 0 saturated heterocycles. The summed E-state index contributed by atoms with van der Waals surface area (Å²) in [6.07, 6.45) is 1.66. The molecular formula is C9H14N2O4. The van der Waals surface area contributed by atoms with Gasteiger partial charge in [-0.25, -0.2) is 4.79 Å². The summed E-state index contributed by atoms with van der Waals surface area (Å²) in [5.41, 5.74) is 1.23. The fraction of sp³-hybridized carbons (Fsp3) is 0.667. The molecule has 84 valence electrons. The van der Waals surface area contributed by atoms with Gasteiger partial charge in [0.15, 0.2) is 6.04 Å². The minimum atomic E-state index is -1.18. The first-order valence-electron chi connectivity index (χ1n) is 4.78. The van der Waals surface area contributed by atoms with Crippen molar-refractivity contribution in [3.8, 4) is 0 Å². The van der Waals surface area contributed by atoms with Gasteiger partial charge in [-0.15, -0.1) is 0 Å². The molecule has 0 amide bonds. The van der Waals surface area contributed by atoms with E-state index in [1.54, 1.807) is 13.8 Å². The van der Waals surface area contributed by atoms with Gasteiger partial charge in [0, 0.05) is 6.21 Å². The van der Waals surface area contributed by atoms with Crippen molar-refractivity contribution in [1.29, 1.82) is 0 Å². The Morgan fingerprint density at radius 1 is 1.60 bits per heavy atom. The standard InChI is InChI=1S/C9H14N2O4/c1-3-9(8(14)15-4-2)5-10-11-6(9)7(12)13/h5-6,11H,3-4H2,1-2H3,(H,12,13). The molecule has 1 rings (SSSR count). The zero-order valence-electron chi connectivity index (χ0n) is 8.69. The second-order valence-electron chi connectivity index (χ2n) is 3.27. The fourth-order valence-corrected chi connectivity index (χ4v) is 1.57. The summed E-state index contributed by atoms with van der Waals surface area (Å²) < 4.78 is 4.87. The van der Waals surface area contributed by atoms with Crippen LogP contribution in [0.2, 0.25) is 0 Å². The zero-order chi connectivity index (χ0) is 11.5. The Morgan fingerprint density at radius 3 is 2.73 bits per heavy atom. The largest absolute Gasteiger partial charge is 0.480 e. The van der Waals surface area contributed by atoms with Crippen molar-refractivity contribution in [3.05, 3.63) is 0 Å². The van der Waals surface area contributed by atoms with Gasteiger partial charge >= 0.3 is 11.9 Å². The Balaban J connectivity index is 2.96. The summed E-state index contributed by atoms with van der Waals surface area (Å²) in [6.45, 7) is 3.63. The highest BCUT2D eigenvalue weighted by Crippen LogP contribution is 2.30. The van der Waals surface area contributed by atoms with E-state index in [2.05, 4.69) is 10.5 Å². The van der Waals surface area contributed by atoms with Crippen molar-refractivity contribution in [1.82, 2.24) is 5.43 Å². The molecule has 2 N–H and O–H groups in total. The van der Waals surface area contributed by atoms with E-state index in [0.717, 1.165) is 0 Å². The predicted octanol–water partition coefficient (Wildman–Crippen LogP) is -0.0119. The lowest BCUT2D eigenvalue weighted by atomic mass is 9.80. The normalized spacial score (nSPS) is 28.5. The number of nitrogens with zero attached hydrogens (tertiary/aromatic N) is 1. The number of carbonyl (C=O) groups excluding carboxylic acids is 1. The van der Waals surface area contributed by atoms with E-state index in [-0.39, 0.29) is 6.61 Å². The maximum Gasteiger partial charge on any atom is 0.329 e. The minimum Gasteiger partial charge on any atom is -0.480 e. The van der Waals surface area contributed by atoms with Crippen LogP contribution in [0.4, 0.5) is 0 Å². The van der Waals surface area contributed by atoms with Gasteiger partial charge in [0.1, 0.15) is 5.41 Å². The molecule has 0 aromatic carbocycles. The Bertz CT molecular complexity index is 302. The molecule has 2 unspecified atom stereocenters. The predicted molar refractivity (Wildman–Crippen MR) is 52.4 cm³/mol. The Kier molecular flexibility index (Phi) is 3.28. The van der Waals surface area contributed by atoms with Gasteiger partial charge in [-0.3, -0.25) is 10.2 Å². The first kappa shape index (κ1) is 11.5. The molecule has 0 radical (unpaired) electrons. The molecule has 0 aliphatic carbocycles. The summed E-state index contributed by atoms with van der Waals surface area (Å²) in [5.74, 6) is -1.66. The maximum absolute atomic E-state index is 11.7. The van der Waals surface area contributed by atoms with Gasteiger partial charge in [-0.05, 0) is 13.3 Å². The third-order valence-electron chi connectivity index (χ3n) is 2.50. The van der Waals surface area contributed by atoms with Gasteiger partial charge in [0.05, 0.1) is 6.61 Å². The van der Waals surface area contributed by atoms with Crippen LogP contribution < -0.4 is 5.43 Å². The Labute approximate surface area is 87.3 Å². The number of ether oxygens (including phenoxy) is 1. The van der Waals surface area contributed by atoms with Crippen LogP contribution in [0.1, 0.15) is 20.3 Å². The quantitative estimate of drug-likeness (QED) is 0.642. The lowest BCUT2D eigenvalue weighted by Crippen LogP contribution is -2.50. The third-order valence-corrected chi connectivity index (χ3v) is 2.50. The van der Waals surface area contributed by atoms with Crippen LogP contribution in [0, 0.1) is 5.41 Å². The highest BCUT2D eigenvalue weighted by atomic mass is 16.5. The van der Waals surface area contributed by atoms with Crippen LogP contribution >= 0.6 is 0 Å². The summed E-state index contributed by atoms with van der Waals surface area (Å²) in [7, 11) is 0. The lowest BCUT2D eigenvalue weighted by Gasteiger charge is -2.26. The van der Waals surface area contributed by atoms with Crippen LogP contribution in [0.15, 0.2) is 5.10 Å². The van der Waals surface area contributed by atoms with Gasteiger partial charge < -0.3 is 9.84 Å². The Hall–Kier alpha value is -1.59. The van der Waals surface area contributed by atoms with Crippen LogP contribution in [-0.2, 0) is 14.3 Å². The summed E-state index contributed by atoms with van der Waals surface area (Å²) >= 11 is 0. The zero-order valence-corrected chi connectivity index (χ0v) is 8.69. The molecule has 15 heavy (non-hydrogen) atoms. The number of aliphatic carboxylic acids is 1. The molecule has 2 atom stereocenters. The van der Waals surface area contributed by atoms with E-state index in [1.165, 1.54) is 6.21 Å². The van der Waals surface area contributed by atoms with E-state index in [4.69, 9.17) is 9.84 Å². The first-order chi connectivity index (χ1) is 7.08. The van der Waals surface area contributed by atoms with Crippen LogP contribution in [0.25, 0.3) is 0 Å². The molecule has 6 nitrogen and oxygen atoms in total. The molecule has 1 aliphatic heterocycles. The molecule has 0 bridgehead atoms. The number of carboxylic acids is 1. The van der Waals surface area contributed by atoms with E-state index < -0.39 is 23.4 Å². The summed E-state index contributed by atoms with van der Waals surface area (Å²) in [4.78, 5) is 22.6. The number of nitrogens with one attached hydrogen (secondary N) is 1. The second kappa shape index (κ2) is 4.29. The van der Waals surface area contributed by atoms with E-state index in [9.17, 15) is 9.59 Å². The average Bonchev–Trinajstić information content (AvgIpc) is 2.62. The van der Waals surface area contributed by atoms with Crippen LogP contribution in [-0.4, -0.2) is 35.9 Å². The summed E-state index contributed by atoms with van der Waals surface area (Å²) in [6, 6.07) is -1.04. The lowest BCUT2D eigenvalue weighted by molar-refractivity contribution is -0.158. The SMILES string of the molecule is CCOC(=O)C1(CC)C=NNC1C(=O)O. The molecule has 0 aromatic heterocycles. The van der Waals surface area contributed by atoms with Crippen LogP contribution in [0.3, 0.4) is 0 Å². The molecule has 0 aromatic rings. The number of hydrazone groups is 1. The van der Waals surface area contributed by atoms with Crippen molar-refractivity contribution >= 4 is 18.2 Å². The fourth-order valence-electron chi connectivity index (χ4n) is 1.57. The van der Waals surface area contributed by atoms with Crippen LogP contribution in [0.5, 0.6) is 0 Å². The third kappa shape index (κ3) is 1.79. The average molecular weight is 214 g/mol. The van der Waals surface area contributed by atoms with E-state index in [1.807, 2.05) is 0 Å². The summed E-state index contributed by atoms with van der Waals surface area (Å²) in [5, 5.41) is 12.6. The van der Waals surface area contributed by atoms with Crippen molar-refractivity contribution in [3.63, 3.8) is 0 Å². The number of rotatable bonds is 4. The van der Waals surface area contributed by atoms with E-state index >= 15 is 0 Å². The molecule has 0 fully saturated rings. The van der Waals surface area contributed by atoms with Crippen molar-refractivity contribution in [2.45, 2.75) is 26.3 Å². The first-order valence-corrected chi connectivity index (χ1v) is 4.78. The number of hydrogen-bond acceptors (Lipinski definition) is 5. The molecular weight excluding hydrogens is 200 g/mol. The van der Waals surface area contributed by atoms with Gasteiger partial charge in [-0.1, -0.05) is 6.92 Å². The smallest absolute Gasteiger partial charge is 0.329 e. The second-order valence-corrected chi connectivity index (χ2v) is 3.27. The highest BCUT2D eigenvalue weighted by molar-refractivity contribution is 6.02. The van der Waals surface area contributed by atoms with Crippen molar-refractivity contribution in [2.24, 2.45) is 10.5 Å². The van der Waals surface area contributed by atoms with Crippen molar-refractivity contribution < 1.29 is 19.4 Å². The minimum absolute atomic E-state index is 0.223. The number of hydrogen-bond donors (Lipinski definition) is 2. The number of esters is 1. The topological polar surface area (TPSA) is 88.0 Å². The molecule has 0 spiro atoms. The Morgan fingerprint density at radius 2 is 2.27 bits per heavy atom. The highest BCUT2D eigenvalue weighted by Gasteiger charge is 2.51. The molecule has 1 heterocycles. The molecule has 6 heteroatoms. The molecule has 0 saturated carbocycles. The van der Waals surface area contributed by atoms with E-state index in [0.29, 0.717) is 6.42 Å². The number of carboxylic acid groups (broad SMARTS) is 1. The van der Waals surface area contributed by atoms with Crippen molar-refractivity contribution in [2.75, 3.05) is 6.61 Å². The number of carbonyl (C=O) groups is 2. The maximum atomic E-state index is 11.7. The van der Waals surface area contributed by atoms with Gasteiger partial charge in [0.25, 0.3) is 0 Å². The van der Waals surface area contributed by atoms with Gasteiger partial charge in [-0.2, -0.15) is 5.10 Å². The monoisotopic (exact) mass is 214 g/mol. The molecule has 1 aliphatic rings. The van der Waals surface area contributed by atoms with Gasteiger partial charge in [0.2, 0.25) is 0 Å².